The van der Waals surface area contributed by atoms with E-state index in [1.807, 2.05) is 31.5 Å². The van der Waals surface area contributed by atoms with Gasteiger partial charge in [0.25, 0.3) is 0 Å². The summed E-state index contributed by atoms with van der Waals surface area (Å²) in [7, 11) is -1.11. The topological polar surface area (TPSA) is 78.7 Å². The standard InChI is InChI=1S/C21H33BrN4O4Si/c1-21(2,3)30-20(27)25-8-7-15(12-25)29-17-11-23-19-18(24-17)16(22)13-26(19)14-28-9-10-31(4,5)6/h11,13,15H,7-10,12,14H2,1-6H3. The number of hydrogen-bond acceptors (Lipinski definition) is 6. The predicted octanol–water partition coefficient (Wildman–Crippen LogP) is 4.89. The van der Waals surface area contributed by atoms with E-state index in [-0.39, 0.29) is 12.2 Å². The fourth-order valence-electron chi connectivity index (χ4n) is 3.18. The number of likely N-dealkylation sites (tertiary alicyclic amines) is 1. The molecule has 1 amide bonds. The van der Waals surface area contributed by atoms with Gasteiger partial charge in [-0.05, 0) is 42.7 Å². The average molecular weight is 514 g/mol. The number of carbonyl (C=O) groups excluding carboxylic acids is 1. The molecule has 0 spiro atoms. The summed E-state index contributed by atoms with van der Waals surface area (Å²) in [5.74, 6) is 0.446. The second-order valence-corrected chi connectivity index (χ2v) is 16.6. The van der Waals surface area contributed by atoms with Crippen LogP contribution in [0.4, 0.5) is 4.79 Å². The summed E-state index contributed by atoms with van der Waals surface area (Å²) in [6, 6.07) is 1.12. The lowest BCUT2D eigenvalue weighted by atomic mass is 10.2. The van der Waals surface area contributed by atoms with Gasteiger partial charge in [-0.3, -0.25) is 0 Å². The van der Waals surface area contributed by atoms with Crippen LogP contribution in [0.25, 0.3) is 11.2 Å². The maximum atomic E-state index is 12.2. The summed E-state index contributed by atoms with van der Waals surface area (Å²) in [6.07, 6.45) is 3.84. The van der Waals surface area contributed by atoms with E-state index >= 15 is 0 Å². The average Bonchev–Trinajstić information content (AvgIpc) is 3.22. The molecular weight excluding hydrogens is 480 g/mol. The molecule has 0 radical (unpaired) electrons. The van der Waals surface area contributed by atoms with Crippen molar-refractivity contribution in [3.8, 4) is 5.88 Å². The van der Waals surface area contributed by atoms with Crippen LogP contribution in [-0.2, 0) is 16.2 Å². The first-order valence-electron chi connectivity index (χ1n) is 10.6. The molecule has 2 aromatic rings. The molecule has 10 heteroatoms. The lowest BCUT2D eigenvalue weighted by molar-refractivity contribution is 0.0275. The number of hydrogen-bond donors (Lipinski definition) is 0. The SMILES string of the molecule is CC(C)(C)OC(=O)N1CCC(Oc2cnc3c(n2)c(Br)cn3COCC[Si](C)(C)C)C1. The Morgan fingerprint density at radius 2 is 2.06 bits per heavy atom. The Balaban J connectivity index is 1.59. The van der Waals surface area contributed by atoms with E-state index in [2.05, 4.69) is 45.5 Å². The van der Waals surface area contributed by atoms with Crippen molar-refractivity contribution in [2.24, 2.45) is 0 Å². The van der Waals surface area contributed by atoms with Gasteiger partial charge in [-0.2, -0.15) is 0 Å². The van der Waals surface area contributed by atoms with Crippen LogP contribution in [-0.4, -0.2) is 65.0 Å². The van der Waals surface area contributed by atoms with E-state index < -0.39 is 13.7 Å². The van der Waals surface area contributed by atoms with Crippen molar-refractivity contribution in [1.82, 2.24) is 19.4 Å². The highest BCUT2D eigenvalue weighted by atomic mass is 79.9. The van der Waals surface area contributed by atoms with Crippen LogP contribution in [0.1, 0.15) is 27.2 Å². The molecule has 0 bridgehead atoms. The minimum absolute atomic E-state index is 0.134. The molecule has 0 aromatic carbocycles. The fourth-order valence-corrected chi connectivity index (χ4v) is 4.45. The van der Waals surface area contributed by atoms with Crippen LogP contribution in [0.5, 0.6) is 5.88 Å². The highest BCUT2D eigenvalue weighted by Gasteiger charge is 2.31. The van der Waals surface area contributed by atoms with Crippen LogP contribution in [0.15, 0.2) is 16.9 Å². The van der Waals surface area contributed by atoms with E-state index in [0.29, 0.717) is 25.7 Å². The van der Waals surface area contributed by atoms with Gasteiger partial charge in [-0.15, -0.1) is 0 Å². The van der Waals surface area contributed by atoms with E-state index in [9.17, 15) is 4.79 Å². The first-order chi connectivity index (χ1) is 14.4. The molecule has 1 saturated heterocycles. The van der Waals surface area contributed by atoms with Gasteiger partial charge in [-0.25, -0.2) is 14.8 Å². The molecule has 31 heavy (non-hydrogen) atoms. The van der Waals surface area contributed by atoms with Gasteiger partial charge in [0.05, 0.1) is 17.2 Å². The van der Waals surface area contributed by atoms with Crippen molar-refractivity contribution in [2.45, 2.75) is 71.3 Å². The molecule has 3 rings (SSSR count). The van der Waals surface area contributed by atoms with Gasteiger partial charge in [-0.1, -0.05) is 19.6 Å². The number of fused-ring (bicyclic) bond motifs is 1. The Bertz CT molecular complexity index is 922. The van der Waals surface area contributed by atoms with E-state index in [1.165, 1.54) is 0 Å². The van der Waals surface area contributed by atoms with Gasteiger partial charge >= 0.3 is 6.09 Å². The van der Waals surface area contributed by atoms with Crippen molar-refractivity contribution >= 4 is 41.3 Å². The summed E-state index contributed by atoms with van der Waals surface area (Å²) in [6.45, 7) is 14.9. The van der Waals surface area contributed by atoms with Gasteiger partial charge in [0.1, 0.15) is 24.0 Å². The van der Waals surface area contributed by atoms with Crippen molar-refractivity contribution in [1.29, 1.82) is 0 Å². The lowest BCUT2D eigenvalue weighted by Crippen LogP contribution is -2.36. The third-order valence-electron chi connectivity index (χ3n) is 4.81. The van der Waals surface area contributed by atoms with Gasteiger partial charge in [0.15, 0.2) is 5.65 Å². The van der Waals surface area contributed by atoms with Crippen LogP contribution in [0.2, 0.25) is 25.7 Å². The maximum Gasteiger partial charge on any atom is 0.410 e. The Kier molecular flexibility index (Phi) is 7.32. The molecule has 172 valence electrons. The van der Waals surface area contributed by atoms with Crippen molar-refractivity contribution < 1.29 is 19.0 Å². The Morgan fingerprint density at radius 1 is 1.32 bits per heavy atom. The first kappa shape index (κ1) is 24.0. The lowest BCUT2D eigenvalue weighted by Gasteiger charge is -2.24. The normalized spacial score (nSPS) is 17.4. The first-order valence-corrected chi connectivity index (χ1v) is 15.1. The number of rotatable bonds is 7. The number of aromatic nitrogens is 3. The highest BCUT2D eigenvalue weighted by molar-refractivity contribution is 9.10. The van der Waals surface area contributed by atoms with Crippen molar-refractivity contribution in [2.75, 3.05) is 19.7 Å². The zero-order valence-electron chi connectivity index (χ0n) is 19.3. The molecule has 0 saturated carbocycles. The summed E-state index contributed by atoms with van der Waals surface area (Å²) in [5.41, 5.74) is 0.965. The quantitative estimate of drug-likeness (QED) is 0.387. The third-order valence-corrected chi connectivity index (χ3v) is 7.09. The van der Waals surface area contributed by atoms with E-state index in [0.717, 1.165) is 34.7 Å². The second-order valence-electron chi connectivity index (χ2n) is 10.1. The van der Waals surface area contributed by atoms with Crippen LogP contribution < -0.4 is 4.74 Å². The Morgan fingerprint density at radius 3 is 2.74 bits per heavy atom. The van der Waals surface area contributed by atoms with Crippen LogP contribution in [0, 0.1) is 0 Å². The molecule has 3 heterocycles. The molecule has 0 N–H and O–H groups in total. The number of amides is 1. The van der Waals surface area contributed by atoms with Gasteiger partial charge in [0, 0.05) is 33.8 Å². The molecule has 1 fully saturated rings. The minimum atomic E-state index is -1.11. The summed E-state index contributed by atoms with van der Waals surface area (Å²) in [5, 5.41) is 0. The number of ether oxygens (including phenoxy) is 3. The number of carbonyl (C=O) groups is 1. The summed E-state index contributed by atoms with van der Waals surface area (Å²) >= 11 is 3.56. The summed E-state index contributed by atoms with van der Waals surface area (Å²) < 4.78 is 20.1. The van der Waals surface area contributed by atoms with Gasteiger partial charge in [0.2, 0.25) is 5.88 Å². The largest absolute Gasteiger partial charge is 0.471 e. The third kappa shape index (κ3) is 6.91. The highest BCUT2D eigenvalue weighted by Crippen LogP contribution is 2.26. The molecular formula is C21H33BrN4O4Si. The minimum Gasteiger partial charge on any atom is -0.471 e. The molecule has 8 nitrogen and oxygen atoms in total. The Labute approximate surface area is 193 Å². The molecule has 0 aliphatic carbocycles. The molecule has 1 aliphatic heterocycles. The van der Waals surface area contributed by atoms with Crippen LogP contribution >= 0.6 is 15.9 Å². The fraction of sp³-hybridized carbons (Fsp3) is 0.667. The van der Waals surface area contributed by atoms with Gasteiger partial charge < -0.3 is 23.7 Å². The molecule has 1 aliphatic rings. The second kappa shape index (κ2) is 9.46. The zero-order valence-corrected chi connectivity index (χ0v) is 21.9. The predicted molar refractivity (Wildman–Crippen MR) is 126 cm³/mol. The van der Waals surface area contributed by atoms with E-state index in [1.54, 1.807) is 11.1 Å². The Hall–Kier alpha value is -1.65. The van der Waals surface area contributed by atoms with Crippen molar-refractivity contribution in [3.05, 3.63) is 16.9 Å². The number of halogens is 1. The molecule has 2 aromatic heterocycles. The number of nitrogens with zero attached hydrogens (tertiary/aromatic N) is 4. The van der Waals surface area contributed by atoms with E-state index in [4.69, 9.17) is 14.2 Å². The maximum absolute atomic E-state index is 12.2. The summed E-state index contributed by atoms with van der Waals surface area (Å²) in [4.78, 5) is 23.1. The van der Waals surface area contributed by atoms with Crippen molar-refractivity contribution in [3.63, 3.8) is 0 Å². The monoisotopic (exact) mass is 512 g/mol. The smallest absolute Gasteiger partial charge is 0.410 e. The van der Waals surface area contributed by atoms with Crippen LogP contribution in [0.3, 0.4) is 0 Å². The molecule has 1 atom stereocenters. The molecule has 1 unspecified atom stereocenters. The zero-order chi connectivity index (χ0) is 22.8.